The van der Waals surface area contributed by atoms with Crippen LogP contribution in [-0.2, 0) is 6.42 Å². The van der Waals surface area contributed by atoms with Crippen LogP contribution in [-0.4, -0.2) is 44.5 Å². The minimum atomic E-state index is -0.123. The molecule has 1 aliphatic rings. The highest BCUT2D eigenvalue weighted by Crippen LogP contribution is 2.39. The van der Waals surface area contributed by atoms with Gasteiger partial charge in [-0.25, -0.2) is 0 Å². The van der Waals surface area contributed by atoms with Crippen molar-refractivity contribution in [2.75, 3.05) is 39.8 Å². The molecule has 1 unspecified atom stereocenters. The molecule has 0 saturated heterocycles. The Hall–Kier alpha value is -3.45. The lowest BCUT2D eigenvalue weighted by Crippen LogP contribution is -2.44. The van der Waals surface area contributed by atoms with Crippen LogP contribution in [0.15, 0.2) is 66.7 Å². The number of benzene rings is 3. The SMILES string of the molecule is COc1cc2c(cc1OC)C(COc1ccccc1OC)N(C(=S)Nc1ccccc1)CC2. The van der Waals surface area contributed by atoms with Gasteiger partial charge in [0, 0.05) is 12.2 Å². The molecule has 0 bridgehead atoms. The first-order valence-electron chi connectivity index (χ1n) is 10.8. The second kappa shape index (κ2) is 10.4. The summed E-state index contributed by atoms with van der Waals surface area (Å²) in [5.74, 6) is 2.79. The summed E-state index contributed by atoms with van der Waals surface area (Å²) in [6.07, 6.45) is 0.831. The van der Waals surface area contributed by atoms with E-state index in [1.165, 1.54) is 5.56 Å². The molecule has 6 nitrogen and oxygen atoms in total. The number of anilines is 1. The minimum absolute atomic E-state index is 0.123. The third kappa shape index (κ3) is 4.98. The molecule has 0 radical (unpaired) electrons. The van der Waals surface area contributed by atoms with Gasteiger partial charge in [0.15, 0.2) is 28.1 Å². The molecule has 3 aromatic rings. The number of fused-ring (bicyclic) bond motifs is 1. The summed E-state index contributed by atoms with van der Waals surface area (Å²) in [5, 5.41) is 4.01. The maximum atomic E-state index is 6.26. The van der Waals surface area contributed by atoms with Crippen LogP contribution in [0.3, 0.4) is 0 Å². The monoisotopic (exact) mass is 464 g/mol. The van der Waals surface area contributed by atoms with Crippen molar-refractivity contribution in [3.8, 4) is 23.0 Å². The standard InChI is InChI=1S/C26H28N2O4S/c1-29-22-11-7-8-12-23(22)32-17-21-20-16-25(31-3)24(30-2)15-18(20)13-14-28(21)26(33)27-19-9-5-4-6-10-19/h4-12,15-16,21H,13-14,17H2,1-3H3,(H,27,33). The summed E-state index contributed by atoms with van der Waals surface area (Å²) in [6, 6.07) is 21.5. The van der Waals surface area contributed by atoms with Gasteiger partial charge in [-0.15, -0.1) is 0 Å². The molecule has 0 aromatic heterocycles. The Kier molecular flexibility index (Phi) is 7.19. The largest absolute Gasteiger partial charge is 0.493 e. The van der Waals surface area contributed by atoms with E-state index in [2.05, 4.69) is 16.3 Å². The number of para-hydroxylation sites is 3. The van der Waals surface area contributed by atoms with Gasteiger partial charge in [-0.1, -0.05) is 30.3 Å². The molecule has 0 spiro atoms. The van der Waals surface area contributed by atoms with Gasteiger partial charge in [-0.05, 0) is 66.2 Å². The molecule has 172 valence electrons. The molecule has 4 rings (SSSR count). The lowest BCUT2D eigenvalue weighted by atomic mass is 9.92. The Labute approximate surface area is 200 Å². The molecule has 1 N–H and O–H groups in total. The normalized spacial score (nSPS) is 14.8. The third-order valence-corrected chi connectivity index (χ3v) is 6.09. The zero-order valence-electron chi connectivity index (χ0n) is 19.0. The van der Waals surface area contributed by atoms with E-state index < -0.39 is 0 Å². The van der Waals surface area contributed by atoms with Crippen LogP contribution in [0.1, 0.15) is 17.2 Å². The van der Waals surface area contributed by atoms with E-state index in [1.807, 2.05) is 60.7 Å². The maximum Gasteiger partial charge on any atom is 0.174 e. The zero-order valence-corrected chi connectivity index (χ0v) is 19.9. The average molecular weight is 465 g/mol. The summed E-state index contributed by atoms with van der Waals surface area (Å²) in [4.78, 5) is 2.17. The van der Waals surface area contributed by atoms with E-state index in [-0.39, 0.29) is 6.04 Å². The number of hydrogen-bond acceptors (Lipinski definition) is 5. The Morgan fingerprint density at radius 2 is 1.52 bits per heavy atom. The summed E-state index contributed by atoms with van der Waals surface area (Å²) in [5.41, 5.74) is 3.25. The quantitative estimate of drug-likeness (QED) is 0.489. The molecule has 33 heavy (non-hydrogen) atoms. The molecule has 0 amide bonds. The predicted molar refractivity (Wildman–Crippen MR) is 134 cm³/mol. The molecule has 3 aromatic carbocycles. The van der Waals surface area contributed by atoms with Crippen molar-refractivity contribution in [1.82, 2.24) is 4.90 Å². The van der Waals surface area contributed by atoms with Crippen LogP contribution < -0.4 is 24.3 Å². The number of ether oxygens (including phenoxy) is 4. The lowest BCUT2D eigenvalue weighted by Gasteiger charge is -2.39. The molecule has 1 aliphatic heterocycles. The Morgan fingerprint density at radius 1 is 0.879 bits per heavy atom. The molecule has 0 aliphatic carbocycles. The second-order valence-corrected chi connectivity index (χ2v) is 8.01. The Bertz CT molecular complexity index is 1110. The predicted octanol–water partition coefficient (Wildman–Crippen LogP) is 5.09. The third-order valence-electron chi connectivity index (χ3n) is 5.75. The first-order chi connectivity index (χ1) is 16.1. The highest BCUT2D eigenvalue weighted by Gasteiger charge is 2.31. The fourth-order valence-electron chi connectivity index (χ4n) is 4.07. The first-order valence-corrected chi connectivity index (χ1v) is 11.2. The number of rotatable bonds is 7. The molecule has 1 heterocycles. The highest BCUT2D eigenvalue weighted by atomic mass is 32.1. The van der Waals surface area contributed by atoms with Crippen molar-refractivity contribution in [2.45, 2.75) is 12.5 Å². The van der Waals surface area contributed by atoms with Gasteiger partial charge in [0.05, 0.1) is 27.4 Å². The summed E-state index contributed by atoms with van der Waals surface area (Å²) < 4.78 is 22.8. The maximum absolute atomic E-state index is 6.26. The summed E-state index contributed by atoms with van der Waals surface area (Å²) in [6.45, 7) is 1.14. The van der Waals surface area contributed by atoms with E-state index in [0.29, 0.717) is 29.0 Å². The van der Waals surface area contributed by atoms with E-state index in [9.17, 15) is 0 Å². The fourth-order valence-corrected chi connectivity index (χ4v) is 4.41. The number of nitrogens with zero attached hydrogens (tertiary/aromatic N) is 1. The van der Waals surface area contributed by atoms with Crippen LogP contribution in [0, 0.1) is 0 Å². The smallest absolute Gasteiger partial charge is 0.174 e. The Balaban J connectivity index is 1.66. The molecule has 1 atom stereocenters. The highest BCUT2D eigenvalue weighted by molar-refractivity contribution is 7.80. The summed E-state index contributed by atoms with van der Waals surface area (Å²) >= 11 is 5.83. The molecule has 0 saturated carbocycles. The van der Waals surface area contributed by atoms with E-state index >= 15 is 0 Å². The lowest BCUT2D eigenvalue weighted by molar-refractivity contribution is 0.185. The molecular formula is C26H28N2O4S. The van der Waals surface area contributed by atoms with Gasteiger partial charge >= 0.3 is 0 Å². The molecule has 7 heteroatoms. The minimum Gasteiger partial charge on any atom is -0.493 e. The van der Waals surface area contributed by atoms with Crippen molar-refractivity contribution in [2.24, 2.45) is 0 Å². The van der Waals surface area contributed by atoms with E-state index in [1.54, 1.807) is 21.3 Å². The van der Waals surface area contributed by atoms with Crippen LogP contribution >= 0.6 is 12.2 Å². The van der Waals surface area contributed by atoms with Gasteiger partial charge in [0.25, 0.3) is 0 Å². The van der Waals surface area contributed by atoms with Crippen molar-refractivity contribution < 1.29 is 18.9 Å². The number of thiocarbonyl (C=S) groups is 1. The van der Waals surface area contributed by atoms with Crippen molar-refractivity contribution in [3.63, 3.8) is 0 Å². The second-order valence-electron chi connectivity index (χ2n) is 7.62. The average Bonchev–Trinajstić information content (AvgIpc) is 2.86. The van der Waals surface area contributed by atoms with Gasteiger partial charge in [0.2, 0.25) is 0 Å². The summed E-state index contributed by atoms with van der Waals surface area (Å²) in [7, 11) is 4.94. The van der Waals surface area contributed by atoms with Crippen LogP contribution in [0.25, 0.3) is 0 Å². The zero-order chi connectivity index (χ0) is 23.2. The number of nitrogens with one attached hydrogen (secondary N) is 1. The number of hydrogen-bond donors (Lipinski definition) is 1. The van der Waals surface area contributed by atoms with Gasteiger partial charge in [0.1, 0.15) is 6.61 Å². The van der Waals surface area contributed by atoms with Gasteiger partial charge in [-0.3, -0.25) is 0 Å². The van der Waals surface area contributed by atoms with Crippen molar-refractivity contribution >= 4 is 23.0 Å². The first kappa shape index (κ1) is 22.7. The van der Waals surface area contributed by atoms with Crippen LogP contribution in [0.2, 0.25) is 0 Å². The topological polar surface area (TPSA) is 52.2 Å². The van der Waals surface area contributed by atoms with E-state index in [4.69, 9.17) is 31.2 Å². The number of methoxy groups -OCH3 is 3. The molecular weight excluding hydrogens is 436 g/mol. The Morgan fingerprint density at radius 3 is 2.21 bits per heavy atom. The van der Waals surface area contributed by atoms with Crippen molar-refractivity contribution in [3.05, 3.63) is 77.9 Å². The fraction of sp³-hybridized carbons (Fsp3) is 0.269. The van der Waals surface area contributed by atoms with Crippen LogP contribution in [0.5, 0.6) is 23.0 Å². The van der Waals surface area contributed by atoms with Crippen molar-refractivity contribution in [1.29, 1.82) is 0 Å². The van der Waals surface area contributed by atoms with Crippen LogP contribution in [0.4, 0.5) is 5.69 Å². The van der Waals surface area contributed by atoms with Gasteiger partial charge < -0.3 is 29.2 Å². The molecule has 0 fully saturated rings. The van der Waals surface area contributed by atoms with E-state index in [0.717, 1.165) is 30.0 Å². The van der Waals surface area contributed by atoms with Gasteiger partial charge in [-0.2, -0.15) is 0 Å².